The van der Waals surface area contributed by atoms with Crippen LogP contribution in [-0.4, -0.2) is 55.9 Å². The van der Waals surface area contributed by atoms with Crippen LogP contribution in [-0.2, 0) is 19.2 Å². The molecule has 0 aromatic rings. The number of aliphatic imine (C=N–C) groups is 1. The molecule has 0 aromatic carbocycles. The third-order valence-electron chi connectivity index (χ3n) is 2.76. The quantitative estimate of drug-likeness (QED) is 0.539. The first-order valence-electron chi connectivity index (χ1n) is 6.22. The average Bonchev–Trinajstić information content (AvgIpc) is 2.84. The summed E-state index contributed by atoms with van der Waals surface area (Å²) in [6.45, 7) is 0. The average molecular weight is 323 g/mol. The maximum atomic E-state index is 10.7. The lowest BCUT2D eigenvalue weighted by molar-refractivity contribution is -0.170. The first kappa shape index (κ1) is 18.0. The summed E-state index contributed by atoms with van der Waals surface area (Å²) in [5.74, 6) is -5.00. The summed E-state index contributed by atoms with van der Waals surface area (Å²) in [6, 6.07) is 0. The van der Waals surface area contributed by atoms with Crippen LogP contribution >= 0.6 is 0 Å². The molecule has 0 atom stereocenters. The number of carbonyl (C=O) groups excluding carboxylic acids is 1. The summed E-state index contributed by atoms with van der Waals surface area (Å²) in [6.07, 6.45) is 6.16. The van der Waals surface area contributed by atoms with Gasteiger partial charge in [-0.1, -0.05) is 0 Å². The number of aliphatic hydroxyl groups is 1. The Kier molecular flexibility index (Phi) is 5.68. The van der Waals surface area contributed by atoms with Crippen molar-refractivity contribution < 1.29 is 39.6 Å². The van der Waals surface area contributed by atoms with Crippen molar-refractivity contribution in [2.75, 3.05) is 0 Å². The van der Waals surface area contributed by atoms with Crippen molar-refractivity contribution >= 4 is 29.9 Å². The second-order valence-electron chi connectivity index (χ2n) is 4.64. The standard InChI is InChI=1S/C8H5NO.C6H8O7/c10-7-2-1-6-3-4-9-8(6)5-7;7-3(8)1-6(13,5(11)12)2-4(9)10/h1-5H;13H,1-2H2,(H,7,8)(H,9,10)(H,11,12). The van der Waals surface area contributed by atoms with Crippen LogP contribution < -0.4 is 0 Å². The zero-order valence-corrected chi connectivity index (χ0v) is 11.7. The largest absolute Gasteiger partial charge is 0.481 e. The molecule has 0 radical (unpaired) electrons. The Balaban J connectivity index is 0.000000235. The predicted octanol–water partition coefficient (Wildman–Crippen LogP) is -0.228. The van der Waals surface area contributed by atoms with Crippen molar-refractivity contribution in [2.45, 2.75) is 18.4 Å². The Hall–Kier alpha value is -3.07. The minimum absolute atomic E-state index is 0.0196. The van der Waals surface area contributed by atoms with Crippen molar-refractivity contribution in [2.24, 2.45) is 4.99 Å². The summed E-state index contributed by atoms with van der Waals surface area (Å²) < 4.78 is 0. The van der Waals surface area contributed by atoms with Crippen LogP contribution in [0.3, 0.4) is 0 Å². The molecule has 0 bridgehead atoms. The van der Waals surface area contributed by atoms with E-state index in [1.165, 1.54) is 6.08 Å². The van der Waals surface area contributed by atoms with E-state index < -0.39 is 36.4 Å². The van der Waals surface area contributed by atoms with Gasteiger partial charge in [0.25, 0.3) is 0 Å². The number of carbonyl (C=O) groups is 4. The Morgan fingerprint density at radius 2 is 1.61 bits per heavy atom. The van der Waals surface area contributed by atoms with E-state index in [9.17, 15) is 19.2 Å². The summed E-state index contributed by atoms with van der Waals surface area (Å²) in [4.78, 5) is 45.2. The van der Waals surface area contributed by atoms with Crippen molar-refractivity contribution in [3.63, 3.8) is 0 Å². The van der Waals surface area contributed by atoms with E-state index in [1.54, 1.807) is 18.4 Å². The molecule has 9 nitrogen and oxygen atoms in total. The Morgan fingerprint density at radius 3 is 2.09 bits per heavy atom. The molecule has 122 valence electrons. The molecule has 9 heteroatoms. The third-order valence-corrected chi connectivity index (χ3v) is 2.76. The zero-order valence-electron chi connectivity index (χ0n) is 11.7. The molecule has 2 aliphatic rings. The molecule has 1 aliphatic heterocycles. The van der Waals surface area contributed by atoms with Gasteiger partial charge in [-0.3, -0.25) is 19.4 Å². The van der Waals surface area contributed by atoms with Gasteiger partial charge in [0.05, 0.1) is 18.5 Å². The third kappa shape index (κ3) is 5.32. The van der Waals surface area contributed by atoms with E-state index in [4.69, 9.17) is 20.4 Å². The SMILES string of the molecule is O=C(O)CC(O)(CC(=O)O)C(=O)O.O=C1C=CC2=CC=NC2=C1. The zero-order chi connectivity index (χ0) is 17.6. The molecule has 0 amide bonds. The van der Waals surface area contributed by atoms with Gasteiger partial charge in [-0.2, -0.15) is 0 Å². The molecule has 1 aliphatic carbocycles. The number of nitrogens with zero attached hydrogens (tertiary/aromatic N) is 1. The molecule has 1 heterocycles. The van der Waals surface area contributed by atoms with Crippen molar-refractivity contribution in [3.05, 3.63) is 35.6 Å². The van der Waals surface area contributed by atoms with Gasteiger partial charge in [-0.05, 0) is 18.2 Å². The highest BCUT2D eigenvalue weighted by Crippen LogP contribution is 2.20. The second-order valence-corrected chi connectivity index (χ2v) is 4.64. The molecule has 0 saturated heterocycles. The van der Waals surface area contributed by atoms with E-state index in [2.05, 4.69) is 4.99 Å². The predicted molar refractivity (Wildman–Crippen MR) is 75.9 cm³/mol. The van der Waals surface area contributed by atoms with Gasteiger partial charge < -0.3 is 20.4 Å². The van der Waals surface area contributed by atoms with E-state index in [0.29, 0.717) is 0 Å². The van der Waals surface area contributed by atoms with Crippen LogP contribution in [0.15, 0.2) is 40.6 Å². The molecule has 23 heavy (non-hydrogen) atoms. The van der Waals surface area contributed by atoms with Gasteiger partial charge in [0.2, 0.25) is 0 Å². The lowest BCUT2D eigenvalue weighted by atomic mass is 9.96. The summed E-state index contributed by atoms with van der Waals surface area (Å²) in [5, 5.41) is 33.8. The van der Waals surface area contributed by atoms with Crippen molar-refractivity contribution in [1.82, 2.24) is 0 Å². The van der Waals surface area contributed by atoms with Gasteiger partial charge in [0.1, 0.15) is 0 Å². The van der Waals surface area contributed by atoms with Crippen molar-refractivity contribution in [1.29, 1.82) is 0 Å². The monoisotopic (exact) mass is 323 g/mol. The van der Waals surface area contributed by atoms with Gasteiger partial charge >= 0.3 is 17.9 Å². The van der Waals surface area contributed by atoms with E-state index in [1.807, 2.05) is 6.08 Å². The van der Waals surface area contributed by atoms with Gasteiger partial charge in [-0.25, -0.2) is 4.79 Å². The Morgan fingerprint density at radius 1 is 1.04 bits per heavy atom. The molecular weight excluding hydrogens is 310 g/mol. The number of rotatable bonds is 5. The number of hydrogen-bond donors (Lipinski definition) is 4. The number of allylic oxidation sites excluding steroid dienone is 4. The topological polar surface area (TPSA) is 162 Å². The van der Waals surface area contributed by atoms with Crippen LogP contribution in [0.2, 0.25) is 0 Å². The van der Waals surface area contributed by atoms with Gasteiger partial charge in [0.15, 0.2) is 11.4 Å². The van der Waals surface area contributed by atoms with Crippen LogP contribution in [0.25, 0.3) is 0 Å². The number of aliphatic carboxylic acids is 3. The highest BCUT2D eigenvalue weighted by atomic mass is 16.4. The number of hydrogen-bond acceptors (Lipinski definition) is 6. The van der Waals surface area contributed by atoms with E-state index in [-0.39, 0.29) is 5.78 Å². The summed E-state index contributed by atoms with van der Waals surface area (Å²) >= 11 is 0. The first-order valence-corrected chi connectivity index (χ1v) is 6.22. The number of fused-ring (bicyclic) bond motifs is 1. The maximum Gasteiger partial charge on any atom is 0.336 e. The lowest BCUT2D eigenvalue weighted by Gasteiger charge is -2.18. The number of ketones is 1. The van der Waals surface area contributed by atoms with Gasteiger partial charge in [-0.15, -0.1) is 0 Å². The number of carboxylic acid groups (broad SMARTS) is 3. The highest BCUT2D eigenvalue weighted by molar-refractivity contribution is 6.03. The van der Waals surface area contributed by atoms with E-state index in [0.717, 1.165) is 11.3 Å². The summed E-state index contributed by atoms with van der Waals surface area (Å²) in [7, 11) is 0. The molecule has 0 fully saturated rings. The molecular formula is C14H13NO8. The normalized spacial score (nSPS) is 15.1. The molecule has 2 rings (SSSR count). The van der Waals surface area contributed by atoms with Gasteiger partial charge in [0, 0.05) is 17.9 Å². The maximum absolute atomic E-state index is 10.7. The Bertz CT molecular complexity index is 652. The van der Waals surface area contributed by atoms with Crippen LogP contribution in [0.1, 0.15) is 12.8 Å². The molecule has 0 spiro atoms. The molecule has 0 saturated carbocycles. The highest BCUT2D eigenvalue weighted by Gasteiger charge is 2.40. The lowest BCUT2D eigenvalue weighted by Crippen LogP contribution is -2.42. The fraction of sp³-hybridized carbons (Fsp3) is 0.214. The van der Waals surface area contributed by atoms with Crippen molar-refractivity contribution in [3.8, 4) is 0 Å². The fourth-order valence-electron chi connectivity index (χ4n) is 1.69. The summed E-state index contributed by atoms with van der Waals surface area (Å²) in [5.41, 5.74) is -0.926. The minimum Gasteiger partial charge on any atom is -0.481 e. The second kappa shape index (κ2) is 7.27. The van der Waals surface area contributed by atoms with Crippen LogP contribution in [0.5, 0.6) is 0 Å². The molecule has 0 unspecified atom stereocenters. The van der Waals surface area contributed by atoms with E-state index >= 15 is 0 Å². The smallest absolute Gasteiger partial charge is 0.336 e. The minimum atomic E-state index is -2.74. The fourth-order valence-corrected chi connectivity index (χ4v) is 1.69. The molecule has 4 N–H and O–H groups in total. The number of carboxylic acids is 3. The van der Waals surface area contributed by atoms with Crippen LogP contribution in [0.4, 0.5) is 0 Å². The Labute approximate surface area is 129 Å². The van der Waals surface area contributed by atoms with Crippen LogP contribution in [0, 0.1) is 0 Å². The molecule has 0 aromatic heterocycles. The first-order chi connectivity index (χ1) is 10.6.